The molecule has 2 heterocycles. The largest absolute Gasteiger partial charge is 0.496 e. The first-order valence-corrected chi connectivity index (χ1v) is 8.03. The summed E-state index contributed by atoms with van der Waals surface area (Å²) in [4.78, 5) is 4.33. The third-order valence-electron chi connectivity index (χ3n) is 3.42. The minimum absolute atomic E-state index is 0.764. The minimum atomic E-state index is 0.764. The molecule has 0 amide bonds. The Kier molecular flexibility index (Phi) is 5.05. The monoisotopic (exact) mass is 372 g/mol. The van der Waals surface area contributed by atoms with Crippen LogP contribution < -0.4 is 10.1 Å². The molecule has 0 unspecified atom stereocenters. The van der Waals surface area contributed by atoms with Crippen molar-refractivity contribution in [2.75, 3.05) is 7.11 Å². The fraction of sp³-hybridized carbons (Fsp3) is 0.176. The van der Waals surface area contributed by atoms with Gasteiger partial charge in [-0.3, -0.25) is 0 Å². The standard InChI is InChI=1S/C17H17BrN4O/c1-23-16-4-3-13(9-15(16)18)11-19-12-14-5-7-20-17(10-14)22-8-2-6-21-22/h2-10,19H,11-12H2,1H3. The molecule has 23 heavy (non-hydrogen) atoms. The fourth-order valence-corrected chi connectivity index (χ4v) is 2.86. The second kappa shape index (κ2) is 7.39. The summed E-state index contributed by atoms with van der Waals surface area (Å²) in [5.41, 5.74) is 2.36. The van der Waals surface area contributed by atoms with Crippen LogP contribution in [-0.2, 0) is 13.1 Å². The quantitative estimate of drug-likeness (QED) is 0.720. The molecule has 5 nitrogen and oxygen atoms in total. The van der Waals surface area contributed by atoms with E-state index in [2.05, 4.69) is 43.5 Å². The van der Waals surface area contributed by atoms with Gasteiger partial charge in [0.15, 0.2) is 5.82 Å². The van der Waals surface area contributed by atoms with E-state index in [1.54, 1.807) is 24.2 Å². The van der Waals surface area contributed by atoms with Crippen LogP contribution in [0.5, 0.6) is 5.75 Å². The maximum absolute atomic E-state index is 5.24. The number of ether oxygens (including phenoxy) is 1. The van der Waals surface area contributed by atoms with Gasteiger partial charge in [-0.15, -0.1) is 0 Å². The van der Waals surface area contributed by atoms with Crippen molar-refractivity contribution in [3.8, 4) is 11.6 Å². The van der Waals surface area contributed by atoms with Crippen molar-refractivity contribution in [2.45, 2.75) is 13.1 Å². The second-order valence-electron chi connectivity index (χ2n) is 5.05. The molecular formula is C17H17BrN4O. The molecule has 1 N–H and O–H groups in total. The van der Waals surface area contributed by atoms with E-state index in [0.29, 0.717) is 0 Å². The van der Waals surface area contributed by atoms with Gasteiger partial charge in [0, 0.05) is 31.7 Å². The number of benzene rings is 1. The highest BCUT2D eigenvalue weighted by Gasteiger charge is 2.03. The Morgan fingerprint density at radius 1 is 1.13 bits per heavy atom. The fourth-order valence-electron chi connectivity index (χ4n) is 2.27. The number of nitrogens with one attached hydrogen (secondary N) is 1. The predicted octanol–water partition coefficient (Wildman–Crippen LogP) is 3.33. The zero-order valence-corrected chi connectivity index (χ0v) is 14.3. The summed E-state index contributed by atoms with van der Waals surface area (Å²) in [6.45, 7) is 1.54. The summed E-state index contributed by atoms with van der Waals surface area (Å²) < 4.78 is 7.96. The van der Waals surface area contributed by atoms with E-state index < -0.39 is 0 Å². The summed E-state index contributed by atoms with van der Waals surface area (Å²) in [5.74, 6) is 1.66. The maximum atomic E-state index is 5.24. The lowest BCUT2D eigenvalue weighted by Gasteiger charge is -2.09. The van der Waals surface area contributed by atoms with Crippen molar-refractivity contribution < 1.29 is 4.74 Å². The Bertz CT molecular complexity index is 774. The first-order chi connectivity index (χ1) is 11.3. The number of pyridine rings is 1. The number of halogens is 1. The Morgan fingerprint density at radius 2 is 1.96 bits per heavy atom. The minimum Gasteiger partial charge on any atom is -0.496 e. The highest BCUT2D eigenvalue weighted by molar-refractivity contribution is 9.10. The summed E-state index contributed by atoms with van der Waals surface area (Å²) in [6.07, 6.45) is 5.43. The topological polar surface area (TPSA) is 52.0 Å². The summed E-state index contributed by atoms with van der Waals surface area (Å²) in [5, 5.41) is 7.63. The molecule has 0 fully saturated rings. The van der Waals surface area contributed by atoms with Crippen molar-refractivity contribution in [3.63, 3.8) is 0 Å². The number of nitrogens with zero attached hydrogens (tertiary/aromatic N) is 3. The summed E-state index contributed by atoms with van der Waals surface area (Å²) >= 11 is 3.50. The van der Waals surface area contributed by atoms with Gasteiger partial charge in [-0.25, -0.2) is 9.67 Å². The summed E-state index contributed by atoms with van der Waals surface area (Å²) in [7, 11) is 1.67. The van der Waals surface area contributed by atoms with Crippen molar-refractivity contribution in [1.82, 2.24) is 20.1 Å². The summed E-state index contributed by atoms with van der Waals surface area (Å²) in [6, 6.07) is 12.0. The lowest BCUT2D eigenvalue weighted by molar-refractivity contribution is 0.412. The first kappa shape index (κ1) is 15.7. The number of aromatic nitrogens is 3. The highest BCUT2D eigenvalue weighted by Crippen LogP contribution is 2.25. The molecule has 3 aromatic rings. The normalized spacial score (nSPS) is 10.7. The maximum Gasteiger partial charge on any atom is 0.153 e. The third kappa shape index (κ3) is 3.97. The van der Waals surface area contributed by atoms with E-state index >= 15 is 0 Å². The molecule has 2 aromatic heterocycles. The van der Waals surface area contributed by atoms with Gasteiger partial charge >= 0.3 is 0 Å². The molecule has 0 spiro atoms. The smallest absolute Gasteiger partial charge is 0.153 e. The Labute approximate surface area is 143 Å². The lowest BCUT2D eigenvalue weighted by Crippen LogP contribution is -2.13. The van der Waals surface area contributed by atoms with Gasteiger partial charge in [0.05, 0.1) is 11.6 Å². The van der Waals surface area contributed by atoms with Crippen LogP contribution in [0.25, 0.3) is 5.82 Å². The van der Waals surface area contributed by atoms with Crippen LogP contribution in [0.1, 0.15) is 11.1 Å². The van der Waals surface area contributed by atoms with Crippen LogP contribution in [0.15, 0.2) is 59.5 Å². The van der Waals surface area contributed by atoms with Crippen LogP contribution in [0.2, 0.25) is 0 Å². The molecule has 0 radical (unpaired) electrons. The van der Waals surface area contributed by atoms with Crippen molar-refractivity contribution >= 4 is 15.9 Å². The Morgan fingerprint density at radius 3 is 2.65 bits per heavy atom. The number of rotatable bonds is 6. The van der Waals surface area contributed by atoms with Gasteiger partial charge in [0.2, 0.25) is 0 Å². The molecule has 118 valence electrons. The molecule has 0 aliphatic carbocycles. The number of hydrogen-bond acceptors (Lipinski definition) is 4. The molecule has 0 bridgehead atoms. The van der Waals surface area contributed by atoms with Gasteiger partial charge in [-0.05, 0) is 57.4 Å². The molecule has 0 atom stereocenters. The molecule has 0 saturated heterocycles. The molecule has 0 saturated carbocycles. The van der Waals surface area contributed by atoms with Gasteiger partial charge < -0.3 is 10.1 Å². The van der Waals surface area contributed by atoms with Gasteiger partial charge in [0.25, 0.3) is 0 Å². The first-order valence-electron chi connectivity index (χ1n) is 7.24. The van der Waals surface area contributed by atoms with Crippen LogP contribution in [0.3, 0.4) is 0 Å². The molecule has 6 heteroatoms. The van der Waals surface area contributed by atoms with Gasteiger partial charge in [-0.2, -0.15) is 5.10 Å². The van der Waals surface area contributed by atoms with E-state index in [-0.39, 0.29) is 0 Å². The van der Waals surface area contributed by atoms with E-state index in [1.807, 2.05) is 30.5 Å². The molecular weight excluding hydrogens is 356 g/mol. The predicted molar refractivity (Wildman–Crippen MR) is 92.6 cm³/mol. The van der Waals surface area contributed by atoms with Crippen molar-refractivity contribution in [1.29, 1.82) is 0 Å². The van der Waals surface area contributed by atoms with Crippen molar-refractivity contribution in [2.24, 2.45) is 0 Å². The van der Waals surface area contributed by atoms with Gasteiger partial charge in [-0.1, -0.05) is 6.07 Å². The Balaban J connectivity index is 1.61. The van der Waals surface area contributed by atoms with E-state index in [9.17, 15) is 0 Å². The third-order valence-corrected chi connectivity index (χ3v) is 4.04. The highest BCUT2D eigenvalue weighted by atomic mass is 79.9. The second-order valence-corrected chi connectivity index (χ2v) is 5.90. The van der Waals surface area contributed by atoms with Gasteiger partial charge in [0.1, 0.15) is 5.75 Å². The van der Waals surface area contributed by atoms with E-state index in [4.69, 9.17) is 4.74 Å². The van der Waals surface area contributed by atoms with E-state index in [0.717, 1.165) is 34.7 Å². The molecule has 1 aromatic carbocycles. The molecule has 0 aliphatic heterocycles. The van der Waals surface area contributed by atoms with Crippen LogP contribution in [0.4, 0.5) is 0 Å². The average Bonchev–Trinajstić information content (AvgIpc) is 3.10. The SMILES string of the molecule is COc1ccc(CNCc2ccnc(-n3cccn3)c2)cc1Br. The van der Waals surface area contributed by atoms with Crippen molar-refractivity contribution in [3.05, 3.63) is 70.6 Å². The Hall–Kier alpha value is -2.18. The molecule has 0 aliphatic rings. The number of methoxy groups -OCH3 is 1. The zero-order valence-electron chi connectivity index (χ0n) is 12.7. The van der Waals surface area contributed by atoms with E-state index in [1.165, 1.54) is 5.56 Å². The van der Waals surface area contributed by atoms with Crippen LogP contribution in [-0.4, -0.2) is 21.9 Å². The zero-order chi connectivity index (χ0) is 16.1. The van der Waals surface area contributed by atoms with Crippen LogP contribution in [0, 0.1) is 0 Å². The average molecular weight is 373 g/mol. The molecule has 3 rings (SSSR count). The lowest BCUT2D eigenvalue weighted by atomic mass is 10.2. The van der Waals surface area contributed by atoms with Crippen LogP contribution >= 0.6 is 15.9 Å². The number of hydrogen-bond donors (Lipinski definition) is 1.